The Balaban J connectivity index is 1.80. The summed E-state index contributed by atoms with van der Waals surface area (Å²) in [5.74, 6) is -0.347. The van der Waals surface area contributed by atoms with Gasteiger partial charge in [-0.1, -0.05) is 36.4 Å². The maximum atomic E-state index is 12.5. The molecule has 0 aliphatic heterocycles. The number of hydrogen-bond acceptors (Lipinski definition) is 5. The first-order chi connectivity index (χ1) is 13.8. The highest BCUT2D eigenvalue weighted by Gasteiger charge is 2.15. The van der Waals surface area contributed by atoms with Crippen molar-refractivity contribution >= 4 is 23.8 Å². The summed E-state index contributed by atoms with van der Waals surface area (Å²) in [4.78, 5) is 12.5. The molecule has 0 fully saturated rings. The van der Waals surface area contributed by atoms with Gasteiger partial charge in [0.1, 0.15) is 5.75 Å². The minimum absolute atomic E-state index is 0.000916. The van der Waals surface area contributed by atoms with Gasteiger partial charge in [0.05, 0.1) is 5.56 Å². The van der Waals surface area contributed by atoms with Crippen molar-refractivity contribution < 1.29 is 25.1 Å². The fourth-order valence-corrected chi connectivity index (χ4v) is 2.94. The molecule has 1 atom stereocenters. The van der Waals surface area contributed by atoms with Gasteiger partial charge in [0.2, 0.25) is 5.69 Å². The molecule has 148 valence electrons. The van der Waals surface area contributed by atoms with E-state index in [4.69, 9.17) is 4.74 Å². The number of phenols is 1. The number of quaternary nitrogens is 1. The van der Waals surface area contributed by atoms with E-state index in [1.807, 2.05) is 44.2 Å². The predicted octanol–water partition coefficient (Wildman–Crippen LogP) is 3.80. The number of esters is 1. The van der Waals surface area contributed by atoms with Gasteiger partial charge in [-0.3, -0.25) is 0 Å². The third kappa shape index (κ3) is 4.89. The van der Waals surface area contributed by atoms with Gasteiger partial charge in [-0.05, 0) is 66.4 Å². The van der Waals surface area contributed by atoms with Crippen LogP contribution in [0.1, 0.15) is 32.6 Å². The Morgan fingerprint density at radius 1 is 0.966 bits per heavy atom. The topological polar surface area (TPSA) is 94.3 Å². The van der Waals surface area contributed by atoms with Crippen LogP contribution in [0.25, 0.3) is 12.2 Å². The van der Waals surface area contributed by atoms with Gasteiger partial charge in [0.25, 0.3) is 0 Å². The summed E-state index contributed by atoms with van der Waals surface area (Å²) < 4.78 is 5.28. The van der Waals surface area contributed by atoms with Crippen molar-refractivity contribution in [3.05, 3.63) is 93.7 Å². The van der Waals surface area contributed by atoms with E-state index in [2.05, 4.69) is 0 Å². The molecule has 3 rings (SSSR count). The number of carbonyl (C=O) groups is 1. The summed E-state index contributed by atoms with van der Waals surface area (Å²) in [5.41, 5.74) is 3.54. The smallest absolute Gasteiger partial charge is 0.343 e. The minimum atomic E-state index is -1.16. The summed E-state index contributed by atoms with van der Waals surface area (Å²) in [7, 11) is 0. The molecule has 0 amide bonds. The number of carbonyl (C=O) groups excluding carboxylic acids is 1. The van der Waals surface area contributed by atoms with Crippen LogP contribution in [0.5, 0.6) is 11.5 Å². The number of para-hydroxylation sites is 2. The zero-order valence-electron chi connectivity index (χ0n) is 16.0. The molecule has 29 heavy (non-hydrogen) atoms. The molecule has 0 aliphatic rings. The van der Waals surface area contributed by atoms with Gasteiger partial charge in [0.15, 0.2) is 5.75 Å². The molecule has 0 spiro atoms. The summed E-state index contributed by atoms with van der Waals surface area (Å²) in [5, 5.41) is 29.2. The first-order valence-electron chi connectivity index (χ1n) is 8.98. The number of aryl methyl sites for hydroxylation is 2. The molecular formula is C23H21NO5. The predicted molar refractivity (Wildman–Crippen MR) is 110 cm³/mol. The number of ether oxygens (including phenoxy) is 1. The Kier molecular flexibility index (Phi) is 6.09. The van der Waals surface area contributed by atoms with E-state index in [-0.39, 0.29) is 17.2 Å². The maximum Gasteiger partial charge on any atom is 0.343 e. The van der Waals surface area contributed by atoms with Crippen LogP contribution in [-0.2, 0) is 0 Å². The van der Waals surface area contributed by atoms with Crippen LogP contribution in [0.3, 0.4) is 0 Å². The second kappa shape index (κ2) is 8.70. The van der Waals surface area contributed by atoms with Gasteiger partial charge < -0.3 is 15.1 Å². The molecule has 3 aromatic rings. The number of rotatable bonds is 5. The second-order valence-corrected chi connectivity index (χ2v) is 6.65. The van der Waals surface area contributed by atoms with Crippen molar-refractivity contribution in [1.82, 2.24) is 0 Å². The first-order valence-corrected chi connectivity index (χ1v) is 8.98. The third-order valence-corrected chi connectivity index (χ3v) is 4.42. The second-order valence-electron chi connectivity index (χ2n) is 6.65. The van der Waals surface area contributed by atoms with E-state index >= 15 is 0 Å². The Morgan fingerprint density at radius 3 is 2.31 bits per heavy atom. The van der Waals surface area contributed by atoms with Crippen molar-refractivity contribution in [2.24, 2.45) is 0 Å². The van der Waals surface area contributed by atoms with E-state index in [1.165, 1.54) is 12.1 Å². The molecule has 0 bridgehead atoms. The maximum absolute atomic E-state index is 12.5. The van der Waals surface area contributed by atoms with Crippen LogP contribution in [0.4, 0.5) is 5.69 Å². The molecule has 6 nitrogen and oxygen atoms in total. The molecule has 6 heteroatoms. The Hall–Kier alpha value is -3.45. The molecular weight excluding hydrogens is 370 g/mol. The lowest BCUT2D eigenvalue weighted by Gasteiger charge is -2.15. The van der Waals surface area contributed by atoms with Crippen molar-refractivity contribution in [2.75, 3.05) is 0 Å². The number of hydrogen-bond donors (Lipinski definition) is 3. The van der Waals surface area contributed by atoms with Crippen LogP contribution in [0.15, 0.2) is 60.7 Å². The summed E-state index contributed by atoms with van der Waals surface area (Å²) >= 11 is 0. The van der Waals surface area contributed by atoms with Gasteiger partial charge in [-0.15, -0.1) is 0 Å². The van der Waals surface area contributed by atoms with Gasteiger partial charge in [-0.2, -0.15) is 5.23 Å². The van der Waals surface area contributed by atoms with Crippen LogP contribution in [0, 0.1) is 19.1 Å². The van der Waals surface area contributed by atoms with Crippen molar-refractivity contribution in [3.8, 4) is 11.5 Å². The van der Waals surface area contributed by atoms with Crippen molar-refractivity contribution in [1.29, 1.82) is 0 Å². The molecule has 0 saturated heterocycles. The standard InChI is InChI=1S/C23H21NO5/c1-15-12-18(13-16(2)22(15)25)11-10-17-6-5-7-19(14-17)23(26)29-21-9-4-3-8-20(21)24(27)28/h3-14,24-25,27H,1-2H3. The number of phenolic OH excluding ortho intramolecular Hbond substituents is 1. The highest BCUT2D eigenvalue weighted by molar-refractivity contribution is 5.92. The van der Waals surface area contributed by atoms with Crippen molar-refractivity contribution in [3.63, 3.8) is 0 Å². The van der Waals surface area contributed by atoms with Crippen LogP contribution in [-0.4, -0.2) is 16.3 Å². The average molecular weight is 391 g/mol. The lowest BCUT2D eigenvalue weighted by atomic mass is 10.0. The molecule has 0 radical (unpaired) electrons. The van der Waals surface area contributed by atoms with E-state index in [0.717, 1.165) is 22.3 Å². The fraction of sp³-hybridized carbons (Fsp3) is 0.0870. The normalized spacial score (nSPS) is 12.1. The molecule has 0 heterocycles. The lowest BCUT2D eigenvalue weighted by molar-refractivity contribution is -0.991. The van der Waals surface area contributed by atoms with Gasteiger partial charge >= 0.3 is 5.97 Å². The fourth-order valence-electron chi connectivity index (χ4n) is 2.94. The Morgan fingerprint density at radius 2 is 1.62 bits per heavy atom. The molecule has 3 aromatic carbocycles. The van der Waals surface area contributed by atoms with E-state index in [9.17, 15) is 20.3 Å². The Labute approximate surface area is 168 Å². The van der Waals surface area contributed by atoms with Crippen LogP contribution < -0.4 is 9.96 Å². The molecule has 0 aliphatic carbocycles. The Bertz CT molecular complexity index is 1050. The number of nitrogens with one attached hydrogen (secondary N) is 1. The molecule has 0 aromatic heterocycles. The molecule has 3 N–H and O–H groups in total. The summed E-state index contributed by atoms with van der Waals surface area (Å²) in [6.07, 6.45) is 3.75. The van der Waals surface area contributed by atoms with E-state index in [1.54, 1.807) is 30.3 Å². The monoisotopic (exact) mass is 391 g/mol. The van der Waals surface area contributed by atoms with Crippen LogP contribution in [0.2, 0.25) is 0 Å². The van der Waals surface area contributed by atoms with E-state index < -0.39 is 11.2 Å². The van der Waals surface area contributed by atoms with Gasteiger partial charge in [-0.25, -0.2) is 10.0 Å². The molecule has 1 unspecified atom stereocenters. The SMILES string of the molecule is Cc1cc(C=Cc2cccc(C(=O)Oc3ccccc3[NH+]([O-])O)c2)cc(C)c1O. The highest BCUT2D eigenvalue weighted by atomic mass is 16.8. The quantitative estimate of drug-likeness (QED) is 0.266. The zero-order valence-corrected chi connectivity index (χ0v) is 16.0. The average Bonchev–Trinajstić information content (AvgIpc) is 2.70. The summed E-state index contributed by atoms with van der Waals surface area (Å²) in [6.45, 7) is 3.68. The largest absolute Gasteiger partial charge is 0.595 e. The van der Waals surface area contributed by atoms with Gasteiger partial charge in [0, 0.05) is 6.07 Å². The highest BCUT2D eigenvalue weighted by Crippen LogP contribution is 2.24. The molecule has 0 saturated carbocycles. The summed E-state index contributed by atoms with van der Waals surface area (Å²) in [6, 6.07) is 16.6. The first kappa shape index (κ1) is 20.3. The third-order valence-electron chi connectivity index (χ3n) is 4.42. The lowest BCUT2D eigenvalue weighted by Crippen LogP contribution is -2.99. The zero-order chi connectivity index (χ0) is 21.0. The minimum Gasteiger partial charge on any atom is -0.595 e. The number of benzene rings is 3. The van der Waals surface area contributed by atoms with Crippen molar-refractivity contribution in [2.45, 2.75) is 13.8 Å². The number of aromatic hydroxyl groups is 1. The van der Waals surface area contributed by atoms with E-state index in [0.29, 0.717) is 5.56 Å². The van der Waals surface area contributed by atoms with Crippen LogP contribution >= 0.6 is 0 Å².